The van der Waals surface area contributed by atoms with Gasteiger partial charge in [-0.3, -0.25) is 4.79 Å². The van der Waals surface area contributed by atoms with Crippen LogP contribution in [0.2, 0.25) is 5.02 Å². The summed E-state index contributed by atoms with van der Waals surface area (Å²) in [5.41, 5.74) is 4.42. The molecule has 0 saturated carbocycles. The third-order valence-corrected chi connectivity index (χ3v) is 5.23. The van der Waals surface area contributed by atoms with E-state index < -0.39 is 0 Å². The van der Waals surface area contributed by atoms with Gasteiger partial charge in [0.1, 0.15) is 5.75 Å². The van der Waals surface area contributed by atoms with E-state index in [4.69, 9.17) is 16.3 Å². The number of nitrogens with one attached hydrogen (secondary N) is 1. The molecule has 0 atom stereocenters. The molecule has 1 N–H and O–H groups in total. The summed E-state index contributed by atoms with van der Waals surface area (Å²) in [5, 5.41) is 4.86. The molecule has 0 aliphatic carbocycles. The molecule has 25 heavy (non-hydrogen) atoms. The minimum atomic E-state index is -0.108. The van der Waals surface area contributed by atoms with E-state index in [-0.39, 0.29) is 5.91 Å². The van der Waals surface area contributed by atoms with Crippen molar-refractivity contribution in [2.24, 2.45) is 5.10 Å². The van der Waals surface area contributed by atoms with E-state index in [1.165, 1.54) is 4.88 Å². The molecule has 2 rings (SSSR count). The van der Waals surface area contributed by atoms with Crippen LogP contribution in [-0.2, 0) is 11.2 Å². The number of carbonyl (C=O) groups is 1. The number of thiophene rings is 1. The molecule has 0 bridgehead atoms. The molecule has 0 spiro atoms. The summed E-state index contributed by atoms with van der Waals surface area (Å²) in [6, 6.07) is 9.63. The van der Waals surface area contributed by atoms with Gasteiger partial charge in [0.15, 0.2) is 0 Å². The average Bonchev–Trinajstić information content (AvgIpc) is 3.07. The number of hydrogen-bond donors (Lipinski definition) is 1. The van der Waals surface area contributed by atoms with E-state index in [0.717, 1.165) is 28.3 Å². The van der Waals surface area contributed by atoms with Crippen molar-refractivity contribution in [3.05, 3.63) is 50.7 Å². The summed E-state index contributed by atoms with van der Waals surface area (Å²) in [4.78, 5) is 14.3. The normalized spacial score (nSPS) is 11.4. The number of rotatable bonds is 8. The van der Waals surface area contributed by atoms with Gasteiger partial charge in [0.2, 0.25) is 5.91 Å². The molecular weight excluding hydrogens is 356 g/mol. The Bertz CT molecular complexity index is 756. The summed E-state index contributed by atoms with van der Waals surface area (Å²) in [6.45, 7) is 6.44. The Kier molecular flexibility index (Phi) is 7.47. The van der Waals surface area contributed by atoms with Crippen molar-refractivity contribution in [1.82, 2.24) is 5.43 Å². The van der Waals surface area contributed by atoms with Crippen LogP contribution in [0.4, 0.5) is 0 Å². The first kappa shape index (κ1) is 19.5. The zero-order valence-electron chi connectivity index (χ0n) is 14.8. The van der Waals surface area contributed by atoms with E-state index in [0.29, 0.717) is 24.5 Å². The fraction of sp³-hybridized carbons (Fsp3) is 0.368. The SMILES string of the molecule is CCc1ccc(C(C)=NNC(=O)CCCOc2ccc(Cl)cc2C)s1. The van der Waals surface area contributed by atoms with E-state index in [1.807, 2.05) is 32.0 Å². The van der Waals surface area contributed by atoms with Gasteiger partial charge in [-0.15, -0.1) is 11.3 Å². The lowest BCUT2D eigenvalue weighted by atomic mass is 10.2. The minimum Gasteiger partial charge on any atom is -0.493 e. The van der Waals surface area contributed by atoms with E-state index in [1.54, 1.807) is 17.4 Å². The van der Waals surface area contributed by atoms with Gasteiger partial charge in [0.05, 0.1) is 17.2 Å². The zero-order valence-corrected chi connectivity index (χ0v) is 16.3. The summed E-state index contributed by atoms with van der Waals surface area (Å²) in [5.74, 6) is 0.686. The average molecular weight is 379 g/mol. The number of halogens is 1. The van der Waals surface area contributed by atoms with Crippen LogP contribution < -0.4 is 10.2 Å². The van der Waals surface area contributed by atoms with Crippen LogP contribution in [-0.4, -0.2) is 18.2 Å². The monoisotopic (exact) mass is 378 g/mol. The maximum atomic E-state index is 11.9. The van der Waals surface area contributed by atoms with Crippen molar-refractivity contribution in [2.75, 3.05) is 6.61 Å². The number of aryl methyl sites for hydroxylation is 2. The van der Waals surface area contributed by atoms with Crippen LogP contribution >= 0.6 is 22.9 Å². The molecule has 1 aromatic heterocycles. The second-order valence-corrected chi connectivity index (χ2v) is 7.32. The number of amides is 1. The van der Waals surface area contributed by atoms with Crippen LogP contribution in [0.1, 0.15) is 42.0 Å². The molecular formula is C19H23ClN2O2S. The highest BCUT2D eigenvalue weighted by molar-refractivity contribution is 7.14. The zero-order chi connectivity index (χ0) is 18.2. The Morgan fingerprint density at radius 2 is 2.12 bits per heavy atom. The fourth-order valence-corrected chi connectivity index (χ4v) is 3.33. The van der Waals surface area contributed by atoms with Gasteiger partial charge in [0.25, 0.3) is 0 Å². The highest BCUT2D eigenvalue weighted by Gasteiger charge is 2.05. The van der Waals surface area contributed by atoms with Crippen molar-refractivity contribution in [1.29, 1.82) is 0 Å². The molecule has 1 amide bonds. The van der Waals surface area contributed by atoms with Gasteiger partial charge in [-0.25, -0.2) is 5.43 Å². The first-order valence-electron chi connectivity index (χ1n) is 8.30. The molecule has 1 aromatic carbocycles. The van der Waals surface area contributed by atoms with Gasteiger partial charge in [-0.2, -0.15) is 5.10 Å². The first-order valence-corrected chi connectivity index (χ1v) is 9.50. The Labute approximate surface area is 157 Å². The van der Waals surface area contributed by atoms with Crippen molar-refractivity contribution < 1.29 is 9.53 Å². The maximum absolute atomic E-state index is 11.9. The fourth-order valence-electron chi connectivity index (χ4n) is 2.21. The smallest absolute Gasteiger partial charge is 0.240 e. The molecule has 0 aliphatic heterocycles. The standard InChI is InChI=1S/C19H23ClN2O2S/c1-4-16-8-10-18(25-16)14(3)21-22-19(23)6-5-11-24-17-9-7-15(20)12-13(17)2/h7-10,12H,4-6,11H2,1-3H3,(H,22,23). The Morgan fingerprint density at radius 3 is 2.80 bits per heavy atom. The molecule has 134 valence electrons. The molecule has 0 saturated heterocycles. The summed E-state index contributed by atoms with van der Waals surface area (Å²) >= 11 is 7.62. The predicted octanol–water partition coefficient (Wildman–Crippen LogP) is 4.97. The largest absolute Gasteiger partial charge is 0.493 e. The van der Waals surface area contributed by atoms with E-state index in [2.05, 4.69) is 23.5 Å². The van der Waals surface area contributed by atoms with Crippen LogP contribution in [0.5, 0.6) is 5.75 Å². The van der Waals surface area contributed by atoms with Gasteiger partial charge in [-0.05, 0) is 62.6 Å². The Morgan fingerprint density at radius 1 is 1.32 bits per heavy atom. The Balaban J connectivity index is 1.72. The van der Waals surface area contributed by atoms with Gasteiger partial charge in [0, 0.05) is 16.3 Å². The van der Waals surface area contributed by atoms with Crippen LogP contribution in [0.15, 0.2) is 35.4 Å². The lowest BCUT2D eigenvalue weighted by Crippen LogP contribution is -2.19. The second-order valence-electron chi connectivity index (χ2n) is 5.71. The quantitative estimate of drug-likeness (QED) is 0.400. The topological polar surface area (TPSA) is 50.7 Å². The highest BCUT2D eigenvalue weighted by atomic mass is 35.5. The number of carbonyl (C=O) groups excluding carboxylic acids is 1. The second kappa shape index (κ2) is 9.59. The number of ether oxygens (including phenoxy) is 1. The van der Waals surface area contributed by atoms with Crippen molar-refractivity contribution >= 4 is 34.6 Å². The third-order valence-electron chi connectivity index (χ3n) is 3.66. The molecule has 0 radical (unpaired) electrons. The maximum Gasteiger partial charge on any atom is 0.240 e. The number of hydrazone groups is 1. The first-order chi connectivity index (χ1) is 12.0. The summed E-state index contributed by atoms with van der Waals surface area (Å²) < 4.78 is 5.68. The molecule has 2 aromatic rings. The number of benzene rings is 1. The van der Waals surface area contributed by atoms with Gasteiger partial charge < -0.3 is 4.74 Å². The number of nitrogens with zero attached hydrogens (tertiary/aromatic N) is 1. The molecule has 4 nitrogen and oxygen atoms in total. The summed E-state index contributed by atoms with van der Waals surface area (Å²) in [7, 11) is 0. The summed E-state index contributed by atoms with van der Waals surface area (Å²) in [6.07, 6.45) is 2.01. The number of hydrogen-bond acceptors (Lipinski definition) is 4. The van der Waals surface area contributed by atoms with Crippen LogP contribution in [0.3, 0.4) is 0 Å². The molecule has 1 heterocycles. The molecule has 0 unspecified atom stereocenters. The molecule has 0 fully saturated rings. The Hall–Kier alpha value is -1.85. The molecule has 6 heteroatoms. The predicted molar refractivity (Wildman–Crippen MR) is 105 cm³/mol. The van der Waals surface area contributed by atoms with E-state index >= 15 is 0 Å². The lowest BCUT2D eigenvalue weighted by molar-refractivity contribution is -0.121. The van der Waals surface area contributed by atoms with Crippen LogP contribution in [0, 0.1) is 6.92 Å². The van der Waals surface area contributed by atoms with Gasteiger partial charge >= 0.3 is 0 Å². The minimum absolute atomic E-state index is 0.108. The molecule has 0 aliphatic rings. The van der Waals surface area contributed by atoms with Crippen molar-refractivity contribution in [3.8, 4) is 5.75 Å². The van der Waals surface area contributed by atoms with Crippen molar-refractivity contribution in [3.63, 3.8) is 0 Å². The van der Waals surface area contributed by atoms with Crippen molar-refractivity contribution in [2.45, 2.75) is 40.0 Å². The lowest BCUT2D eigenvalue weighted by Gasteiger charge is -2.09. The van der Waals surface area contributed by atoms with Gasteiger partial charge in [-0.1, -0.05) is 18.5 Å². The van der Waals surface area contributed by atoms with E-state index in [9.17, 15) is 4.79 Å². The highest BCUT2D eigenvalue weighted by Crippen LogP contribution is 2.22. The third kappa shape index (κ3) is 6.18. The van der Waals surface area contributed by atoms with Crippen LogP contribution in [0.25, 0.3) is 0 Å².